The highest BCUT2D eigenvalue weighted by atomic mass is 16.1. The molecule has 1 rings (SSSR count). The Morgan fingerprint density at radius 1 is 1.62 bits per heavy atom. The number of unbranched alkanes of at least 4 members (excludes halogenated alkanes) is 1. The molecule has 3 heteroatoms. The zero-order valence-corrected chi connectivity index (χ0v) is 7.57. The Bertz CT molecular complexity index is 341. The lowest BCUT2D eigenvalue weighted by atomic mass is 10.3. The van der Waals surface area contributed by atoms with Crippen molar-refractivity contribution in [2.45, 2.75) is 19.4 Å². The fourth-order valence-corrected chi connectivity index (χ4v) is 1.14. The summed E-state index contributed by atoms with van der Waals surface area (Å²) < 4.78 is 1.62. The number of nitrogen functional groups attached to an aromatic ring is 1. The number of nitrogens with zero attached hydrogens (tertiary/aromatic N) is 1. The minimum Gasteiger partial charge on any atom is -0.394 e. The van der Waals surface area contributed by atoms with Gasteiger partial charge in [-0.1, -0.05) is 6.08 Å². The predicted molar refractivity (Wildman–Crippen MR) is 54.5 cm³/mol. The van der Waals surface area contributed by atoms with E-state index in [-0.39, 0.29) is 5.56 Å². The third-order valence-electron chi connectivity index (χ3n) is 1.86. The summed E-state index contributed by atoms with van der Waals surface area (Å²) in [6, 6.07) is 3.40. The highest BCUT2D eigenvalue weighted by Gasteiger charge is 1.97. The number of anilines is 1. The van der Waals surface area contributed by atoms with Crippen molar-refractivity contribution < 1.29 is 0 Å². The first-order valence-corrected chi connectivity index (χ1v) is 4.31. The molecule has 3 nitrogen and oxygen atoms in total. The number of pyridine rings is 1. The van der Waals surface area contributed by atoms with Crippen LogP contribution in [0.25, 0.3) is 0 Å². The van der Waals surface area contributed by atoms with Crippen molar-refractivity contribution in [2.75, 3.05) is 5.73 Å². The first kappa shape index (κ1) is 9.58. The predicted octanol–water partition coefficient (Wildman–Crippen LogP) is 1.40. The zero-order valence-electron chi connectivity index (χ0n) is 7.57. The molecule has 1 aromatic heterocycles. The van der Waals surface area contributed by atoms with Crippen LogP contribution >= 0.6 is 0 Å². The molecule has 0 amide bonds. The Labute approximate surface area is 77.5 Å². The van der Waals surface area contributed by atoms with Gasteiger partial charge in [-0.25, -0.2) is 0 Å². The number of hydrogen-bond acceptors (Lipinski definition) is 2. The maximum atomic E-state index is 11.4. The molecular formula is C10H14N2O. The number of aromatic nitrogens is 1. The van der Waals surface area contributed by atoms with E-state index in [2.05, 4.69) is 6.58 Å². The molecule has 2 N–H and O–H groups in total. The van der Waals surface area contributed by atoms with Crippen LogP contribution in [-0.4, -0.2) is 4.57 Å². The van der Waals surface area contributed by atoms with Gasteiger partial charge in [-0.2, -0.15) is 0 Å². The molecule has 0 atom stereocenters. The minimum atomic E-state index is -0.105. The molecule has 0 aliphatic heterocycles. The summed E-state index contributed by atoms with van der Waals surface area (Å²) >= 11 is 0. The van der Waals surface area contributed by atoms with Crippen LogP contribution in [0.5, 0.6) is 0 Å². The van der Waals surface area contributed by atoms with Gasteiger partial charge in [0.05, 0.1) is 5.69 Å². The largest absolute Gasteiger partial charge is 0.394 e. The van der Waals surface area contributed by atoms with Gasteiger partial charge in [-0.3, -0.25) is 4.79 Å². The molecular weight excluding hydrogens is 164 g/mol. The van der Waals surface area contributed by atoms with E-state index < -0.39 is 0 Å². The lowest BCUT2D eigenvalue weighted by Gasteiger charge is -2.04. The van der Waals surface area contributed by atoms with E-state index in [1.54, 1.807) is 22.9 Å². The molecule has 1 aromatic rings. The van der Waals surface area contributed by atoms with Crippen LogP contribution in [-0.2, 0) is 6.54 Å². The number of nitrogens with two attached hydrogens (primary N) is 1. The van der Waals surface area contributed by atoms with Crippen molar-refractivity contribution in [1.29, 1.82) is 0 Å². The van der Waals surface area contributed by atoms with E-state index in [1.807, 2.05) is 6.08 Å². The fraction of sp³-hybridized carbons (Fsp3) is 0.300. The molecule has 1 heterocycles. The van der Waals surface area contributed by atoms with E-state index >= 15 is 0 Å². The standard InChI is InChI=1S/C10H14N2O/c1-2-3-4-7-12-8-5-6-9(11)10(12)13/h2,5-6,8H,1,3-4,7,11H2. The summed E-state index contributed by atoms with van der Waals surface area (Å²) in [5, 5.41) is 0. The highest BCUT2D eigenvalue weighted by Crippen LogP contribution is 1.96. The van der Waals surface area contributed by atoms with Gasteiger partial charge in [0.1, 0.15) is 0 Å². The number of aryl methyl sites for hydroxylation is 1. The van der Waals surface area contributed by atoms with Gasteiger partial charge in [0.2, 0.25) is 0 Å². The molecule has 0 unspecified atom stereocenters. The molecule has 0 bridgehead atoms. The Balaban J connectivity index is 2.72. The lowest BCUT2D eigenvalue weighted by molar-refractivity contribution is 0.631. The Morgan fingerprint density at radius 2 is 2.38 bits per heavy atom. The van der Waals surface area contributed by atoms with Crippen molar-refractivity contribution in [1.82, 2.24) is 4.57 Å². The van der Waals surface area contributed by atoms with E-state index in [4.69, 9.17) is 5.73 Å². The van der Waals surface area contributed by atoms with Gasteiger partial charge in [0, 0.05) is 12.7 Å². The summed E-state index contributed by atoms with van der Waals surface area (Å²) in [6.45, 7) is 4.32. The fourth-order valence-electron chi connectivity index (χ4n) is 1.14. The van der Waals surface area contributed by atoms with Crippen molar-refractivity contribution in [3.8, 4) is 0 Å². The van der Waals surface area contributed by atoms with Crippen molar-refractivity contribution in [3.05, 3.63) is 41.3 Å². The zero-order chi connectivity index (χ0) is 9.68. The third kappa shape index (κ3) is 2.47. The Hall–Kier alpha value is -1.51. The van der Waals surface area contributed by atoms with Crippen LogP contribution < -0.4 is 11.3 Å². The second kappa shape index (κ2) is 4.50. The molecule has 0 saturated carbocycles. The van der Waals surface area contributed by atoms with Crippen LogP contribution in [0.1, 0.15) is 12.8 Å². The summed E-state index contributed by atoms with van der Waals surface area (Å²) in [5.74, 6) is 0. The van der Waals surface area contributed by atoms with Gasteiger partial charge < -0.3 is 10.3 Å². The lowest BCUT2D eigenvalue weighted by Crippen LogP contribution is -2.21. The summed E-state index contributed by atoms with van der Waals surface area (Å²) in [7, 11) is 0. The van der Waals surface area contributed by atoms with Crippen LogP contribution in [0.2, 0.25) is 0 Å². The molecule has 0 aliphatic rings. The van der Waals surface area contributed by atoms with Crippen molar-refractivity contribution in [3.63, 3.8) is 0 Å². The SMILES string of the molecule is C=CCCCn1cccc(N)c1=O. The average molecular weight is 178 g/mol. The van der Waals surface area contributed by atoms with Crippen LogP contribution in [0, 0.1) is 0 Å². The number of allylic oxidation sites excluding steroid dienone is 1. The van der Waals surface area contributed by atoms with Crippen molar-refractivity contribution >= 4 is 5.69 Å². The monoisotopic (exact) mass is 178 g/mol. The van der Waals surface area contributed by atoms with Crippen LogP contribution in [0.4, 0.5) is 5.69 Å². The first-order valence-electron chi connectivity index (χ1n) is 4.31. The summed E-state index contributed by atoms with van der Waals surface area (Å²) in [6.07, 6.45) is 5.44. The maximum absolute atomic E-state index is 11.4. The molecule has 0 aliphatic carbocycles. The molecule has 0 spiro atoms. The first-order chi connectivity index (χ1) is 6.25. The van der Waals surface area contributed by atoms with E-state index in [1.165, 1.54) is 0 Å². The molecule has 0 fully saturated rings. The highest BCUT2D eigenvalue weighted by molar-refractivity contribution is 5.33. The molecule has 0 radical (unpaired) electrons. The number of rotatable bonds is 4. The third-order valence-corrected chi connectivity index (χ3v) is 1.86. The quantitative estimate of drug-likeness (QED) is 0.559. The van der Waals surface area contributed by atoms with E-state index in [0.29, 0.717) is 12.2 Å². The topological polar surface area (TPSA) is 48.0 Å². The van der Waals surface area contributed by atoms with Gasteiger partial charge in [-0.15, -0.1) is 6.58 Å². The normalized spacial score (nSPS) is 9.85. The molecule has 0 aromatic carbocycles. The van der Waals surface area contributed by atoms with Gasteiger partial charge in [-0.05, 0) is 25.0 Å². The van der Waals surface area contributed by atoms with Gasteiger partial charge in [0.15, 0.2) is 0 Å². The van der Waals surface area contributed by atoms with Gasteiger partial charge in [0.25, 0.3) is 5.56 Å². The Morgan fingerprint density at radius 3 is 3.08 bits per heavy atom. The van der Waals surface area contributed by atoms with Crippen LogP contribution in [0.3, 0.4) is 0 Å². The second-order valence-corrected chi connectivity index (χ2v) is 2.89. The molecule has 0 saturated heterocycles. The Kier molecular flexibility index (Phi) is 3.31. The summed E-state index contributed by atoms with van der Waals surface area (Å²) in [5.41, 5.74) is 5.67. The number of hydrogen-bond donors (Lipinski definition) is 1. The van der Waals surface area contributed by atoms with Crippen molar-refractivity contribution in [2.24, 2.45) is 0 Å². The maximum Gasteiger partial charge on any atom is 0.273 e. The van der Waals surface area contributed by atoms with Crippen LogP contribution in [0.15, 0.2) is 35.8 Å². The molecule has 70 valence electrons. The van der Waals surface area contributed by atoms with Gasteiger partial charge >= 0.3 is 0 Å². The van der Waals surface area contributed by atoms with E-state index in [0.717, 1.165) is 12.8 Å². The molecule has 13 heavy (non-hydrogen) atoms. The van der Waals surface area contributed by atoms with E-state index in [9.17, 15) is 4.79 Å². The minimum absolute atomic E-state index is 0.105. The smallest absolute Gasteiger partial charge is 0.273 e. The average Bonchev–Trinajstić information content (AvgIpc) is 2.13. The summed E-state index contributed by atoms with van der Waals surface area (Å²) in [4.78, 5) is 11.4. The second-order valence-electron chi connectivity index (χ2n) is 2.89.